The molecule has 0 aromatic carbocycles. The molecule has 0 unspecified atom stereocenters. The zero-order valence-corrected chi connectivity index (χ0v) is 13.9. The van der Waals surface area contributed by atoms with Crippen molar-refractivity contribution in [3.63, 3.8) is 0 Å². The third-order valence-corrected chi connectivity index (χ3v) is 4.24. The summed E-state index contributed by atoms with van der Waals surface area (Å²) in [6.45, 7) is 2.26. The number of halogens is 1. The molecule has 0 amide bonds. The zero-order chi connectivity index (χ0) is 17.1. The molecule has 130 valence electrons. The van der Waals surface area contributed by atoms with Gasteiger partial charge in [0.2, 0.25) is 11.8 Å². The number of hydrogen-bond donors (Lipinski definition) is 2. The average Bonchev–Trinajstić information content (AvgIpc) is 2.87. The average molecular weight is 335 g/mol. The summed E-state index contributed by atoms with van der Waals surface area (Å²) in [6.07, 6.45) is 6.00. The van der Waals surface area contributed by atoms with Gasteiger partial charge in [-0.1, -0.05) is 0 Å². The van der Waals surface area contributed by atoms with Crippen LogP contribution in [0, 0.1) is 18.7 Å². The van der Waals surface area contributed by atoms with Gasteiger partial charge in [0.05, 0.1) is 30.3 Å². The molecule has 1 saturated carbocycles. The summed E-state index contributed by atoms with van der Waals surface area (Å²) >= 11 is 0. The summed E-state index contributed by atoms with van der Waals surface area (Å²) in [7, 11) is 1.82. The van der Waals surface area contributed by atoms with Crippen molar-refractivity contribution in [2.24, 2.45) is 13.0 Å². The monoisotopic (exact) mass is 335 g/mol. The summed E-state index contributed by atoms with van der Waals surface area (Å²) in [5, 5.41) is 16.8. The Bertz CT molecular complexity index is 698. The number of ether oxygens (including phenoxy) is 1. The molecule has 0 saturated heterocycles. The largest absolute Gasteiger partial charge is 0.475 e. The Morgan fingerprint density at radius 1 is 1.38 bits per heavy atom. The maximum atomic E-state index is 13.9. The number of nitrogens with zero attached hydrogens (tertiary/aromatic N) is 4. The fourth-order valence-electron chi connectivity index (χ4n) is 2.86. The van der Waals surface area contributed by atoms with Crippen LogP contribution in [0.1, 0.15) is 31.4 Å². The minimum atomic E-state index is -0.584. The van der Waals surface area contributed by atoms with E-state index in [9.17, 15) is 9.50 Å². The minimum Gasteiger partial charge on any atom is -0.475 e. The number of rotatable bonds is 5. The third kappa shape index (κ3) is 4.00. The number of hydrogen-bond acceptors (Lipinski definition) is 6. The van der Waals surface area contributed by atoms with Gasteiger partial charge in [-0.3, -0.25) is 4.68 Å². The van der Waals surface area contributed by atoms with Crippen molar-refractivity contribution >= 4 is 11.6 Å². The number of aromatic nitrogens is 4. The molecule has 1 aliphatic rings. The summed E-state index contributed by atoms with van der Waals surface area (Å²) < 4.78 is 21.1. The molecular formula is C16H22FN5O2. The van der Waals surface area contributed by atoms with Gasteiger partial charge < -0.3 is 15.2 Å². The van der Waals surface area contributed by atoms with E-state index in [1.54, 1.807) is 10.9 Å². The smallest absolute Gasteiger partial charge is 0.255 e. The molecule has 2 aromatic rings. The van der Waals surface area contributed by atoms with E-state index in [1.165, 1.54) is 0 Å². The molecule has 24 heavy (non-hydrogen) atoms. The first-order valence-electron chi connectivity index (χ1n) is 8.12. The molecule has 1 fully saturated rings. The third-order valence-electron chi connectivity index (χ3n) is 4.24. The number of anilines is 2. The van der Waals surface area contributed by atoms with Crippen molar-refractivity contribution in [2.75, 3.05) is 11.9 Å². The van der Waals surface area contributed by atoms with Gasteiger partial charge in [0.15, 0.2) is 0 Å². The van der Waals surface area contributed by atoms with Crippen molar-refractivity contribution in [1.82, 2.24) is 19.7 Å². The SMILES string of the molecule is Cc1nn(C)cc1Nc1ncc(F)c(OC[C@H]2CC[C@H](O)CC2)n1. The molecule has 0 aliphatic heterocycles. The van der Waals surface area contributed by atoms with Gasteiger partial charge in [-0.25, -0.2) is 4.98 Å². The van der Waals surface area contributed by atoms with E-state index >= 15 is 0 Å². The van der Waals surface area contributed by atoms with E-state index in [1.807, 2.05) is 14.0 Å². The molecule has 0 radical (unpaired) electrons. The predicted octanol–water partition coefficient (Wildman–Crippen LogP) is 2.33. The van der Waals surface area contributed by atoms with Gasteiger partial charge in [-0.05, 0) is 38.5 Å². The summed E-state index contributed by atoms with van der Waals surface area (Å²) in [5.74, 6) is -0.0548. The lowest BCUT2D eigenvalue weighted by atomic mass is 9.88. The molecule has 8 heteroatoms. The normalized spacial score (nSPS) is 20.8. The van der Waals surface area contributed by atoms with Crippen molar-refractivity contribution in [1.29, 1.82) is 0 Å². The maximum Gasteiger partial charge on any atom is 0.255 e. The molecule has 1 aliphatic carbocycles. The number of aliphatic hydroxyl groups is 1. The second-order valence-corrected chi connectivity index (χ2v) is 6.26. The van der Waals surface area contributed by atoms with E-state index in [0.29, 0.717) is 12.5 Å². The van der Waals surface area contributed by atoms with E-state index in [-0.39, 0.29) is 17.9 Å². The topological polar surface area (TPSA) is 85.1 Å². The van der Waals surface area contributed by atoms with Crippen LogP contribution in [-0.4, -0.2) is 37.6 Å². The highest BCUT2D eigenvalue weighted by molar-refractivity contribution is 5.55. The van der Waals surface area contributed by atoms with Gasteiger partial charge in [0.25, 0.3) is 5.88 Å². The highest BCUT2D eigenvalue weighted by Crippen LogP contribution is 2.26. The molecule has 2 aromatic heterocycles. The van der Waals surface area contributed by atoms with E-state index < -0.39 is 5.82 Å². The number of nitrogens with one attached hydrogen (secondary N) is 1. The lowest BCUT2D eigenvalue weighted by Gasteiger charge is -2.25. The highest BCUT2D eigenvalue weighted by atomic mass is 19.1. The molecule has 2 N–H and O–H groups in total. The number of aryl methyl sites for hydroxylation is 2. The van der Waals surface area contributed by atoms with Crippen molar-refractivity contribution < 1.29 is 14.2 Å². The molecule has 0 atom stereocenters. The minimum absolute atomic E-state index is 0.0554. The van der Waals surface area contributed by atoms with Gasteiger partial charge in [0, 0.05) is 13.2 Å². The molecular weight excluding hydrogens is 313 g/mol. The maximum absolute atomic E-state index is 13.9. The fourth-order valence-corrected chi connectivity index (χ4v) is 2.86. The summed E-state index contributed by atoms with van der Waals surface area (Å²) in [5.41, 5.74) is 1.56. The quantitative estimate of drug-likeness (QED) is 0.872. The Balaban J connectivity index is 1.64. The van der Waals surface area contributed by atoms with Gasteiger partial charge in [0.1, 0.15) is 0 Å². The van der Waals surface area contributed by atoms with Crippen LogP contribution in [0.5, 0.6) is 5.88 Å². The first kappa shape index (κ1) is 16.6. The Labute approximate surface area is 139 Å². The first-order valence-corrected chi connectivity index (χ1v) is 8.12. The predicted molar refractivity (Wildman–Crippen MR) is 86.7 cm³/mol. The standard InChI is InChI=1S/C16H22FN5O2/c1-10-14(8-22(2)21-10)19-16-18-7-13(17)15(20-16)24-9-11-3-5-12(23)6-4-11/h7-8,11-12,23H,3-6,9H2,1-2H3,(H,18,19,20)/t11-,12-. The Kier molecular flexibility index (Phi) is 4.94. The molecule has 0 bridgehead atoms. The van der Waals surface area contributed by atoms with E-state index in [4.69, 9.17) is 4.74 Å². The van der Waals surface area contributed by atoms with Crippen LogP contribution in [0.25, 0.3) is 0 Å². The van der Waals surface area contributed by atoms with E-state index in [0.717, 1.165) is 43.3 Å². The summed E-state index contributed by atoms with van der Waals surface area (Å²) in [6, 6.07) is 0. The van der Waals surface area contributed by atoms with Crippen LogP contribution in [0.2, 0.25) is 0 Å². The van der Waals surface area contributed by atoms with Crippen LogP contribution >= 0.6 is 0 Å². The second kappa shape index (κ2) is 7.12. The van der Waals surface area contributed by atoms with Crippen LogP contribution in [0.3, 0.4) is 0 Å². The number of aliphatic hydroxyl groups excluding tert-OH is 1. The van der Waals surface area contributed by atoms with Crippen molar-refractivity contribution in [3.05, 3.63) is 23.9 Å². The fraction of sp³-hybridized carbons (Fsp3) is 0.562. The Hall–Kier alpha value is -2.22. The second-order valence-electron chi connectivity index (χ2n) is 6.26. The van der Waals surface area contributed by atoms with Gasteiger partial charge in [-0.15, -0.1) is 0 Å². The van der Waals surface area contributed by atoms with Crippen molar-refractivity contribution in [2.45, 2.75) is 38.7 Å². The Morgan fingerprint density at radius 3 is 2.79 bits per heavy atom. The van der Waals surface area contributed by atoms with Gasteiger partial charge >= 0.3 is 0 Å². The zero-order valence-electron chi connectivity index (χ0n) is 13.9. The Morgan fingerprint density at radius 2 is 2.12 bits per heavy atom. The molecule has 7 nitrogen and oxygen atoms in total. The van der Waals surface area contributed by atoms with E-state index in [2.05, 4.69) is 20.4 Å². The van der Waals surface area contributed by atoms with Crippen LogP contribution in [0.4, 0.5) is 16.0 Å². The molecule has 0 spiro atoms. The lowest BCUT2D eigenvalue weighted by Crippen LogP contribution is -2.23. The first-order chi connectivity index (χ1) is 11.5. The highest BCUT2D eigenvalue weighted by Gasteiger charge is 2.21. The van der Waals surface area contributed by atoms with Crippen LogP contribution in [0.15, 0.2) is 12.4 Å². The lowest BCUT2D eigenvalue weighted by molar-refractivity contribution is 0.0899. The van der Waals surface area contributed by atoms with Gasteiger partial charge in [-0.2, -0.15) is 14.5 Å². The van der Waals surface area contributed by atoms with Crippen molar-refractivity contribution in [3.8, 4) is 5.88 Å². The van der Waals surface area contributed by atoms with Crippen LogP contribution < -0.4 is 10.1 Å². The summed E-state index contributed by atoms with van der Waals surface area (Å²) in [4.78, 5) is 8.05. The van der Waals surface area contributed by atoms with Crippen LogP contribution in [-0.2, 0) is 7.05 Å². The molecule has 2 heterocycles. The molecule has 3 rings (SSSR count).